The number of aromatic carboxylic acids is 1. The SMILES string of the molecule is O=C(O)c1csc(CNc2ncc(Cl)cc2[N+](=O)[O-])n1. The van der Waals surface area contributed by atoms with Crippen LogP contribution in [0.4, 0.5) is 11.5 Å². The first kappa shape index (κ1) is 14.2. The number of carboxylic acids is 1. The maximum absolute atomic E-state index is 10.9. The fraction of sp³-hybridized carbons (Fsp3) is 0.100. The number of carboxylic acid groups (broad SMARTS) is 1. The van der Waals surface area contributed by atoms with Gasteiger partial charge in [-0.3, -0.25) is 10.1 Å². The summed E-state index contributed by atoms with van der Waals surface area (Å²) in [6.07, 6.45) is 1.28. The molecule has 2 aromatic heterocycles. The second kappa shape index (κ2) is 5.80. The van der Waals surface area contributed by atoms with Crippen LogP contribution < -0.4 is 5.32 Å². The zero-order valence-electron chi connectivity index (χ0n) is 9.74. The van der Waals surface area contributed by atoms with Crippen molar-refractivity contribution in [2.45, 2.75) is 6.54 Å². The molecule has 0 saturated carbocycles. The van der Waals surface area contributed by atoms with E-state index < -0.39 is 10.9 Å². The summed E-state index contributed by atoms with van der Waals surface area (Å²) < 4.78 is 0. The van der Waals surface area contributed by atoms with Crippen molar-refractivity contribution in [1.29, 1.82) is 0 Å². The Labute approximate surface area is 121 Å². The summed E-state index contributed by atoms with van der Waals surface area (Å²) in [6, 6.07) is 1.18. The first-order valence-electron chi connectivity index (χ1n) is 5.19. The highest BCUT2D eigenvalue weighted by Gasteiger charge is 2.16. The summed E-state index contributed by atoms with van der Waals surface area (Å²) in [6.45, 7) is 0.132. The Morgan fingerprint density at radius 2 is 2.35 bits per heavy atom. The Balaban J connectivity index is 2.14. The van der Waals surface area contributed by atoms with E-state index in [1.807, 2.05) is 0 Å². The minimum atomic E-state index is -1.12. The van der Waals surface area contributed by atoms with Gasteiger partial charge in [0.25, 0.3) is 0 Å². The van der Waals surface area contributed by atoms with E-state index in [0.29, 0.717) is 5.01 Å². The van der Waals surface area contributed by atoms with Crippen molar-refractivity contribution < 1.29 is 14.8 Å². The number of nitrogens with one attached hydrogen (secondary N) is 1. The van der Waals surface area contributed by atoms with Crippen molar-refractivity contribution in [2.24, 2.45) is 0 Å². The average Bonchev–Trinajstić information content (AvgIpc) is 2.86. The number of pyridine rings is 1. The van der Waals surface area contributed by atoms with E-state index in [1.54, 1.807) is 0 Å². The Kier molecular flexibility index (Phi) is 4.11. The summed E-state index contributed by atoms with van der Waals surface area (Å²) in [7, 11) is 0. The van der Waals surface area contributed by atoms with Gasteiger partial charge in [0.1, 0.15) is 5.01 Å². The van der Waals surface area contributed by atoms with E-state index in [-0.39, 0.29) is 28.8 Å². The standard InChI is InChI=1S/C10H7ClN4O4S/c11-5-1-7(15(18)19)9(12-2-5)13-3-8-14-6(4-20-8)10(16)17/h1-2,4H,3H2,(H,12,13)(H,16,17). The molecule has 0 atom stereocenters. The average molecular weight is 315 g/mol. The fourth-order valence-corrected chi connectivity index (χ4v) is 2.21. The zero-order chi connectivity index (χ0) is 14.7. The predicted octanol–water partition coefficient (Wildman–Crippen LogP) is 2.41. The lowest BCUT2D eigenvalue weighted by atomic mass is 10.4. The van der Waals surface area contributed by atoms with E-state index in [2.05, 4.69) is 15.3 Å². The second-order valence-corrected chi connectivity index (χ2v) is 4.94. The van der Waals surface area contributed by atoms with Crippen molar-refractivity contribution in [2.75, 3.05) is 5.32 Å². The molecule has 0 spiro atoms. The van der Waals surface area contributed by atoms with Crippen LogP contribution in [0.1, 0.15) is 15.5 Å². The summed E-state index contributed by atoms with van der Waals surface area (Å²) in [5, 5.41) is 24.4. The molecule has 0 radical (unpaired) electrons. The van der Waals surface area contributed by atoms with E-state index in [9.17, 15) is 14.9 Å². The molecule has 2 aromatic rings. The van der Waals surface area contributed by atoms with Gasteiger partial charge in [-0.2, -0.15) is 0 Å². The van der Waals surface area contributed by atoms with Crippen molar-refractivity contribution >= 4 is 40.4 Å². The number of thiazole rings is 1. The van der Waals surface area contributed by atoms with Crippen LogP contribution >= 0.6 is 22.9 Å². The Morgan fingerprint density at radius 3 is 2.95 bits per heavy atom. The number of nitro groups is 1. The van der Waals surface area contributed by atoms with Gasteiger partial charge in [0, 0.05) is 17.6 Å². The molecule has 0 unspecified atom stereocenters. The molecule has 0 aliphatic heterocycles. The number of rotatable bonds is 5. The van der Waals surface area contributed by atoms with Gasteiger partial charge >= 0.3 is 11.7 Å². The lowest BCUT2D eigenvalue weighted by molar-refractivity contribution is -0.384. The lowest BCUT2D eigenvalue weighted by Crippen LogP contribution is -2.05. The number of carbonyl (C=O) groups is 1. The van der Waals surface area contributed by atoms with Gasteiger partial charge in [0.2, 0.25) is 5.82 Å². The van der Waals surface area contributed by atoms with Crippen LogP contribution in [0.25, 0.3) is 0 Å². The van der Waals surface area contributed by atoms with E-state index in [1.165, 1.54) is 17.6 Å². The van der Waals surface area contributed by atoms with Crippen molar-refractivity contribution in [3.8, 4) is 0 Å². The topological polar surface area (TPSA) is 118 Å². The van der Waals surface area contributed by atoms with E-state index in [0.717, 1.165) is 11.3 Å². The molecule has 2 rings (SSSR count). The molecule has 20 heavy (non-hydrogen) atoms. The summed E-state index contributed by atoms with van der Waals surface area (Å²) >= 11 is 6.78. The smallest absolute Gasteiger partial charge is 0.355 e. The summed E-state index contributed by atoms with van der Waals surface area (Å²) in [4.78, 5) is 28.6. The second-order valence-electron chi connectivity index (χ2n) is 3.56. The van der Waals surface area contributed by atoms with Crippen LogP contribution in [0.5, 0.6) is 0 Å². The number of nitrogens with zero attached hydrogens (tertiary/aromatic N) is 3. The molecule has 2 heterocycles. The predicted molar refractivity (Wildman–Crippen MR) is 72.3 cm³/mol. The van der Waals surface area contributed by atoms with Crippen LogP contribution in [0.15, 0.2) is 17.6 Å². The van der Waals surface area contributed by atoms with Gasteiger partial charge in [-0.1, -0.05) is 11.6 Å². The van der Waals surface area contributed by atoms with Gasteiger partial charge in [-0.15, -0.1) is 11.3 Å². The summed E-state index contributed by atoms with van der Waals surface area (Å²) in [5.74, 6) is -1.07. The van der Waals surface area contributed by atoms with Crippen molar-refractivity contribution in [3.05, 3.63) is 43.5 Å². The highest BCUT2D eigenvalue weighted by molar-refractivity contribution is 7.09. The molecule has 0 aliphatic rings. The monoisotopic (exact) mass is 314 g/mol. The molecule has 0 aliphatic carbocycles. The molecule has 2 N–H and O–H groups in total. The van der Waals surface area contributed by atoms with Crippen LogP contribution in [-0.4, -0.2) is 26.0 Å². The molecule has 0 fully saturated rings. The fourth-order valence-electron chi connectivity index (χ4n) is 1.35. The quantitative estimate of drug-likeness (QED) is 0.642. The highest BCUT2D eigenvalue weighted by Crippen LogP contribution is 2.25. The molecule has 8 nitrogen and oxygen atoms in total. The molecule has 0 aromatic carbocycles. The molecule has 0 amide bonds. The third-order valence-electron chi connectivity index (χ3n) is 2.21. The normalized spacial score (nSPS) is 10.2. The molecule has 0 saturated heterocycles. The zero-order valence-corrected chi connectivity index (χ0v) is 11.3. The Hall–Kier alpha value is -2.26. The molecular formula is C10H7ClN4O4S. The van der Waals surface area contributed by atoms with Gasteiger partial charge in [0.05, 0.1) is 16.5 Å². The van der Waals surface area contributed by atoms with E-state index >= 15 is 0 Å². The van der Waals surface area contributed by atoms with Gasteiger partial charge in [0.15, 0.2) is 5.69 Å². The van der Waals surface area contributed by atoms with Crippen LogP contribution in [0.3, 0.4) is 0 Å². The van der Waals surface area contributed by atoms with Gasteiger partial charge in [-0.05, 0) is 0 Å². The maximum atomic E-state index is 10.9. The van der Waals surface area contributed by atoms with Crippen LogP contribution in [0, 0.1) is 10.1 Å². The van der Waals surface area contributed by atoms with Crippen LogP contribution in [-0.2, 0) is 6.54 Å². The Bertz CT molecular complexity index is 675. The molecule has 10 heteroatoms. The minimum Gasteiger partial charge on any atom is -0.476 e. The third-order valence-corrected chi connectivity index (χ3v) is 3.26. The van der Waals surface area contributed by atoms with Gasteiger partial charge in [-0.25, -0.2) is 14.8 Å². The third kappa shape index (κ3) is 3.19. The maximum Gasteiger partial charge on any atom is 0.355 e. The number of aromatic nitrogens is 2. The minimum absolute atomic E-state index is 0.0477. The molecular weight excluding hydrogens is 308 g/mol. The number of anilines is 1. The first-order valence-corrected chi connectivity index (χ1v) is 6.44. The number of hydrogen-bond acceptors (Lipinski definition) is 7. The Morgan fingerprint density at radius 1 is 1.60 bits per heavy atom. The van der Waals surface area contributed by atoms with Crippen molar-refractivity contribution in [3.63, 3.8) is 0 Å². The van der Waals surface area contributed by atoms with Crippen molar-refractivity contribution in [1.82, 2.24) is 9.97 Å². The van der Waals surface area contributed by atoms with Gasteiger partial charge < -0.3 is 10.4 Å². The largest absolute Gasteiger partial charge is 0.476 e. The van der Waals surface area contributed by atoms with E-state index in [4.69, 9.17) is 16.7 Å². The summed E-state index contributed by atoms with van der Waals surface area (Å²) in [5.41, 5.74) is -0.321. The lowest BCUT2D eigenvalue weighted by Gasteiger charge is -2.04. The highest BCUT2D eigenvalue weighted by atomic mass is 35.5. The van der Waals surface area contributed by atoms with Crippen LogP contribution in [0.2, 0.25) is 5.02 Å². The molecule has 0 bridgehead atoms. The number of hydrogen-bond donors (Lipinski definition) is 2. The first-order chi connectivity index (χ1) is 9.47. The molecule has 104 valence electrons. The number of halogens is 1.